The lowest BCUT2D eigenvalue weighted by Gasteiger charge is -2.34. The standard InChI is InChI=1S/C27H36N2O5S/c1-17-12-18(2)15-28(14-17)35(33,34)21-8-6-20(7-9-21)26(32)25-19(3)29(16-24(30)31)23-10-11-27(4,5)13-22(23)25/h6-9,17-18H,10-16H2,1-5H3,(H,30,31). The molecule has 1 aromatic carbocycles. The van der Waals surface area contributed by atoms with Crippen molar-refractivity contribution in [1.29, 1.82) is 0 Å². The number of benzene rings is 1. The van der Waals surface area contributed by atoms with Gasteiger partial charge in [-0.25, -0.2) is 8.42 Å². The largest absolute Gasteiger partial charge is 0.480 e. The molecule has 0 bridgehead atoms. The Labute approximate surface area is 208 Å². The van der Waals surface area contributed by atoms with Gasteiger partial charge in [0, 0.05) is 35.6 Å². The SMILES string of the molecule is Cc1c(C(=O)c2ccc(S(=O)(=O)N3CC(C)CC(C)C3)cc2)c2c(n1CC(=O)O)CCC(C)(C)C2. The van der Waals surface area contributed by atoms with Crippen LogP contribution in [0.3, 0.4) is 0 Å². The van der Waals surface area contributed by atoms with E-state index >= 15 is 0 Å². The van der Waals surface area contributed by atoms with E-state index in [1.54, 1.807) is 27.9 Å². The van der Waals surface area contributed by atoms with Gasteiger partial charge >= 0.3 is 5.97 Å². The molecule has 2 atom stereocenters. The van der Waals surface area contributed by atoms with E-state index in [1.807, 2.05) is 0 Å². The molecule has 2 heterocycles. The third-order valence-electron chi connectivity index (χ3n) is 7.55. The number of nitrogens with zero attached hydrogens (tertiary/aromatic N) is 2. The molecule has 0 amide bonds. The molecule has 1 N–H and O–H groups in total. The Morgan fingerprint density at radius 1 is 1.09 bits per heavy atom. The van der Waals surface area contributed by atoms with Gasteiger partial charge < -0.3 is 9.67 Å². The summed E-state index contributed by atoms with van der Waals surface area (Å²) < 4.78 is 29.8. The Balaban J connectivity index is 1.68. The van der Waals surface area contributed by atoms with Crippen LogP contribution in [0.15, 0.2) is 29.2 Å². The minimum Gasteiger partial charge on any atom is -0.480 e. The number of hydrogen-bond acceptors (Lipinski definition) is 4. The van der Waals surface area contributed by atoms with Crippen molar-refractivity contribution >= 4 is 21.8 Å². The van der Waals surface area contributed by atoms with Crippen LogP contribution < -0.4 is 0 Å². The van der Waals surface area contributed by atoms with Crippen LogP contribution in [0.5, 0.6) is 0 Å². The molecule has 0 spiro atoms. The Bertz CT molecular complexity index is 1250. The highest BCUT2D eigenvalue weighted by molar-refractivity contribution is 7.89. The zero-order chi connectivity index (χ0) is 25.7. The number of ketones is 1. The average molecular weight is 501 g/mol. The summed E-state index contributed by atoms with van der Waals surface area (Å²) in [5.41, 5.74) is 3.51. The number of carboxylic acid groups (broad SMARTS) is 1. The summed E-state index contributed by atoms with van der Waals surface area (Å²) in [4.78, 5) is 25.4. The number of rotatable bonds is 6. The summed E-state index contributed by atoms with van der Waals surface area (Å²) in [6.45, 7) is 11.1. The second-order valence-corrected chi connectivity index (χ2v) is 13.3. The van der Waals surface area contributed by atoms with E-state index in [9.17, 15) is 23.1 Å². The molecule has 0 radical (unpaired) electrons. The lowest BCUT2D eigenvalue weighted by molar-refractivity contribution is -0.137. The molecule has 1 saturated heterocycles. The minimum atomic E-state index is -3.63. The van der Waals surface area contributed by atoms with E-state index in [0.717, 1.165) is 30.5 Å². The van der Waals surface area contributed by atoms with Crippen LogP contribution >= 0.6 is 0 Å². The van der Waals surface area contributed by atoms with Crippen molar-refractivity contribution in [3.63, 3.8) is 0 Å². The molecule has 2 aromatic rings. The third kappa shape index (κ3) is 4.96. The van der Waals surface area contributed by atoms with Crippen molar-refractivity contribution in [2.24, 2.45) is 17.3 Å². The van der Waals surface area contributed by atoms with Crippen molar-refractivity contribution < 1.29 is 23.1 Å². The third-order valence-corrected chi connectivity index (χ3v) is 9.39. The number of fused-ring (bicyclic) bond motifs is 1. The molecule has 2 unspecified atom stereocenters. The lowest BCUT2D eigenvalue weighted by Crippen LogP contribution is -2.42. The van der Waals surface area contributed by atoms with Crippen LogP contribution in [-0.4, -0.2) is 47.2 Å². The summed E-state index contributed by atoms with van der Waals surface area (Å²) in [5.74, 6) is -0.513. The van der Waals surface area contributed by atoms with Crippen molar-refractivity contribution in [2.75, 3.05) is 13.1 Å². The number of carbonyl (C=O) groups excluding carboxylic acids is 1. The first kappa shape index (κ1) is 25.6. The van der Waals surface area contributed by atoms with Crippen LogP contribution in [0.25, 0.3) is 0 Å². The average Bonchev–Trinajstić information content (AvgIpc) is 3.01. The molecule has 8 heteroatoms. The summed E-state index contributed by atoms with van der Waals surface area (Å²) in [5, 5.41) is 9.44. The predicted molar refractivity (Wildman–Crippen MR) is 134 cm³/mol. The van der Waals surface area contributed by atoms with E-state index in [2.05, 4.69) is 27.7 Å². The van der Waals surface area contributed by atoms with Gasteiger partial charge in [0.15, 0.2) is 5.78 Å². The van der Waals surface area contributed by atoms with Crippen molar-refractivity contribution in [3.8, 4) is 0 Å². The van der Waals surface area contributed by atoms with Gasteiger partial charge in [0.25, 0.3) is 0 Å². The molecule has 190 valence electrons. The number of sulfonamides is 1. The van der Waals surface area contributed by atoms with Crippen LogP contribution in [0.4, 0.5) is 0 Å². The first-order valence-electron chi connectivity index (χ1n) is 12.4. The number of aliphatic carboxylic acids is 1. The molecule has 0 saturated carbocycles. The summed E-state index contributed by atoms with van der Waals surface area (Å²) >= 11 is 0. The number of aromatic nitrogens is 1. The summed E-state index contributed by atoms with van der Waals surface area (Å²) in [6, 6.07) is 6.21. The van der Waals surface area contributed by atoms with Gasteiger partial charge in [0.05, 0.1) is 4.90 Å². The second-order valence-electron chi connectivity index (χ2n) is 11.3. The monoisotopic (exact) mass is 500 g/mol. The fourth-order valence-electron chi connectivity index (χ4n) is 5.89. The van der Waals surface area contributed by atoms with Gasteiger partial charge in [0.2, 0.25) is 10.0 Å². The number of carbonyl (C=O) groups is 2. The highest BCUT2D eigenvalue weighted by Crippen LogP contribution is 2.39. The molecule has 35 heavy (non-hydrogen) atoms. The Morgan fingerprint density at radius 2 is 1.69 bits per heavy atom. The molecule has 1 aromatic heterocycles. The van der Waals surface area contributed by atoms with Crippen LogP contribution in [0.1, 0.15) is 73.4 Å². The molecular formula is C27H36N2O5S. The van der Waals surface area contributed by atoms with Gasteiger partial charge in [-0.15, -0.1) is 0 Å². The highest BCUT2D eigenvalue weighted by Gasteiger charge is 2.35. The van der Waals surface area contributed by atoms with Crippen molar-refractivity contribution in [3.05, 3.63) is 52.3 Å². The second kappa shape index (κ2) is 9.21. The predicted octanol–water partition coefficient (Wildman–Crippen LogP) is 4.29. The number of carboxylic acids is 1. The minimum absolute atomic E-state index is 0.0184. The Hall–Kier alpha value is -2.45. The maximum absolute atomic E-state index is 13.7. The molecule has 2 aliphatic rings. The van der Waals surface area contributed by atoms with E-state index < -0.39 is 16.0 Å². The lowest BCUT2D eigenvalue weighted by atomic mass is 9.75. The van der Waals surface area contributed by atoms with Gasteiger partial charge in [-0.05, 0) is 79.7 Å². The van der Waals surface area contributed by atoms with Crippen molar-refractivity contribution in [2.45, 2.75) is 71.7 Å². The van der Waals surface area contributed by atoms with E-state index in [-0.39, 0.29) is 22.6 Å². The first-order valence-corrected chi connectivity index (χ1v) is 13.8. The van der Waals surface area contributed by atoms with E-state index in [0.29, 0.717) is 48.2 Å². The molecule has 7 nitrogen and oxygen atoms in total. The molecule has 1 aliphatic carbocycles. The normalized spacial score (nSPS) is 22.5. The molecule has 1 aliphatic heterocycles. The van der Waals surface area contributed by atoms with Gasteiger partial charge in [-0.3, -0.25) is 9.59 Å². The van der Waals surface area contributed by atoms with Crippen LogP contribution in [-0.2, 0) is 34.2 Å². The van der Waals surface area contributed by atoms with Crippen LogP contribution in [0, 0.1) is 24.2 Å². The fraction of sp³-hybridized carbons (Fsp3) is 0.556. The molecular weight excluding hydrogens is 464 g/mol. The van der Waals surface area contributed by atoms with Crippen molar-refractivity contribution in [1.82, 2.24) is 8.87 Å². The summed E-state index contributed by atoms with van der Waals surface area (Å²) in [7, 11) is -3.63. The zero-order valence-corrected chi connectivity index (χ0v) is 22.1. The summed E-state index contributed by atoms with van der Waals surface area (Å²) in [6.07, 6.45) is 3.38. The number of piperidine rings is 1. The zero-order valence-electron chi connectivity index (χ0n) is 21.3. The number of hydrogen-bond donors (Lipinski definition) is 1. The Kier molecular flexibility index (Phi) is 6.74. The van der Waals surface area contributed by atoms with Crippen LogP contribution in [0.2, 0.25) is 0 Å². The maximum atomic E-state index is 13.7. The van der Waals surface area contributed by atoms with Gasteiger partial charge in [-0.1, -0.05) is 27.7 Å². The smallest absolute Gasteiger partial charge is 0.323 e. The van der Waals surface area contributed by atoms with Gasteiger partial charge in [-0.2, -0.15) is 4.31 Å². The quantitative estimate of drug-likeness (QED) is 0.597. The topological polar surface area (TPSA) is 96.7 Å². The first-order chi connectivity index (χ1) is 16.3. The highest BCUT2D eigenvalue weighted by atomic mass is 32.2. The fourth-order valence-corrected chi connectivity index (χ4v) is 7.57. The van der Waals surface area contributed by atoms with Gasteiger partial charge in [0.1, 0.15) is 6.54 Å². The maximum Gasteiger partial charge on any atom is 0.323 e. The molecule has 1 fully saturated rings. The Morgan fingerprint density at radius 3 is 2.26 bits per heavy atom. The molecule has 4 rings (SSSR count). The van der Waals surface area contributed by atoms with E-state index in [4.69, 9.17) is 0 Å². The van der Waals surface area contributed by atoms with E-state index in [1.165, 1.54) is 12.1 Å².